The molecule has 152 valence electrons. The van der Waals surface area contributed by atoms with Gasteiger partial charge in [0.25, 0.3) is 5.91 Å². The van der Waals surface area contributed by atoms with Crippen LogP contribution in [-0.2, 0) is 16.1 Å². The highest BCUT2D eigenvalue weighted by Gasteiger charge is 2.56. The van der Waals surface area contributed by atoms with E-state index in [1.165, 1.54) is 11.8 Å². The van der Waals surface area contributed by atoms with E-state index in [4.69, 9.17) is 0 Å². The van der Waals surface area contributed by atoms with E-state index in [2.05, 4.69) is 29.0 Å². The third-order valence-corrected chi connectivity index (χ3v) is 5.55. The van der Waals surface area contributed by atoms with Crippen LogP contribution in [0.3, 0.4) is 0 Å². The Morgan fingerprint density at radius 1 is 1.25 bits per heavy atom. The Balaban J connectivity index is 1.69. The Bertz CT molecular complexity index is 754. The molecule has 4 amide bonds. The average Bonchev–Trinajstić information content (AvgIpc) is 2.83. The molecule has 28 heavy (non-hydrogen) atoms. The number of aromatic nitrogens is 1. The number of imide groups is 1. The van der Waals surface area contributed by atoms with Crippen molar-refractivity contribution in [2.75, 3.05) is 31.6 Å². The van der Waals surface area contributed by atoms with Crippen molar-refractivity contribution in [3.63, 3.8) is 0 Å². The molecule has 0 unspecified atom stereocenters. The van der Waals surface area contributed by atoms with E-state index in [9.17, 15) is 14.4 Å². The summed E-state index contributed by atoms with van der Waals surface area (Å²) in [6.07, 6.45) is 2.96. The second-order valence-corrected chi connectivity index (χ2v) is 8.10. The molecule has 3 heterocycles. The minimum atomic E-state index is -0.724. The smallest absolute Gasteiger partial charge is 0.327 e. The first kappa shape index (κ1) is 20.1. The van der Waals surface area contributed by atoms with E-state index in [0.717, 1.165) is 11.4 Å². The lowest BCUT2D eigenvalue weighted by Crippen LogP contribution is -2.57. The van der Waals surface area contributed by atoms with E-state index in [1.807, 2.05) is 12.1 Å². The van der Waals surface area contributed by atoms with Crippen LogP contribution in [0, 0.1) is 5.92 Å². The van der Waals surface area contributed by atoms with Gasteiger partial charge in [0.05, 0.1) is 0 Å². The Morgan fingerprint density at radius 3 is 2.46 bits per heavy atom. The van der Waals surface area contributed by atoms with Gasteiger partial charge in [-0.1, -0.05) is 19.9 Å². The summed E-state index contributed by atoms with van der Waals surface area (Å²) in [5.74, 6) is 0.992. The molecule has 0 atom stereocenters. The molecule has 0 radical (unpaired) electrons. The van der Waals surface area contributed by atoms with Crippen molar-refractivity contribution in [3.8, 4) is 0 Å². The molecule has 1 spiro atoms. The molecule has 8 nitrogen and oxygen atoms in total. The van der Waals surface area contributed by atoms with Gasteiger partial charge < -0.3 is 15.1 Å². The number of anilines is 1. The summed E-state index contributed by atoms with van der Waals surface area (Å²) in [5.41, 5.74) is 0.214. The minimum Gasteiger partial charge on any atom is -0.356 e. The predicted molar refractivity (Wildman–Crippen MR) is 106 cm³/mol. The lowest BCUT2D eigenvalue weighted by Gasteiger charge is -2.43. The quantitative estimate of drug-likeness (QED) is 0.776. The lowest BCUT2D eigenvalue weighted by molar-refractivity contribution is -0.133. The first-order valence-corrected chi connectivity index (χ1v) is 9.78. The first-order valence-electron chi connectivity index (χ1n) is 9.78. The van der Waals surface area contributed by atoms with E-state index >= 15 is 0 Å². The number of carbonyl (C=O) groups is 3. The van der Waals surface area contributed by atoms with Crippen LogP contribution in [-0.4, -0.2) is 64.9 Å². The summed E-state index contributed by atoms with van der Waals surface area (Å²) >= 11 is 0. The van der Waals surface area contributed by atoms with Crippen LogP contribution in [0.4, 0.5) is 10.6 Å². The zero-order valence-corrected chi connectivity index (χ0v) is 17.1. The van der Waals surface area contributed by atoms with Crippen molar-refractivity contribution in [1.29, 1.82) is 0 Å². The maximum atomic E-state index is 12.9. The van der Waals surface area contributed by atoms with Crippen LogP contribution in [0.1, 0.15) is 39.2 Å². The molecule has 0 saturated carbocycles. The second-order valence-electron chi connectivity index (χ2n) is 8.10. The number of pyridine rings is 1. The molecule has 2 saturated heterocycles. The van der Waals surface area contributed by atoms with Gasteiger partial charge in [-0.3, -0.25) is 14.5 Å². The van der Waals surface area contributed by atoms with E-state index in [0.29, 0.717) is 44.9 Å². The van der Waals surface area contributed by atoms with Crippen molar-refractivity contribution < 1.29 is 14.4 Å². The highest BCUT2D eigenvalue weighted by Crippen LogP contribution is 2.38. The Morgan fingerprint density at radius 2 is 1.93 bits per heavy atom. The zero-order valence-electron chi connectivity index (χ0n) is 17.1. The van der Waals surface area contributed by atoms with E-state index in [-0.39, 0.29) is 17.8 Å². The third kappa shape index (κ3) is 3.68. The molecule has 1 N–H and O–H groups in total. The molecule has 2 aliphatic heterocycles. The summed E-state index contributed by atoms with van der Waals surface area (Å²) < 4.78 is 0. The van der Waals surface area contributed by atoms with E-state index < -0.39 is 5.54 Å². The summed E-state index contributed by atoms with van der Waals surface area (Å²) in [4.78, 5) is 46.2. The van der Waals surface area contributed by atoms with Crippen LogP contribution < -0.4 is 10.2 Å². The Hall–Kier alpha value is -2.64. The van der Waals surface area contributed by atoms with Gasteiger partial charge in [-0.25, -0.2) is 9.78 Å². The topological polar surface area (TPSA) is 85.8 Å². The van der Waals surface area contributed by atoms with Crippen LogP contribution in [0.2, 0.25) is 0 Å². The van der Waals surface area contributed by atoms with Crippen molar-refractivity contribution >= 4 is 23.7 Å². The first-order chi connectivity index (χ1) is 13.2. The molecule has 1 aromatic rings. The van der Waals surface area contributed by atoms with Crippen molar-refractivity contribution in [1.82, 2.24) is 20.1 Å². The Kier molecular flexibility index (Phi) is 5.58. The number of hydrogen-bond donors (Lipinski definition) is 1. The van der Waals surface area contributed by atoms with E-state index in [1.54, 1.807) is 18.1 Å². The van der Waals surface area contributed by atoms with Gasteiger partial charge in [0.15, 0.2) is 0 Å². The van der Waals surface area contributed by atoms with Gasteiger partial charge >= 0.3 is 6.03 Å². The SMILES string of the molecule is CC(=O)NCc1ccc(N2CCC3(CC2)C(=O)N(C)C(=O)N3CC(C)C)nc1. The molecule has 1 aromatic heterocycles. The lowest BCUT2D eigenvalue weighted by atomic mass is 9.85. The van der Waals surface area contributed by atoms with Crippen LogP contribution in [0.15, 0.2) is 18.3 Å². The van der Waals surface area contributed by atoms with Gasteiger partial charge in [-0.05, 0) is 30.4 Å². The second kappa shape index (κ2) is 7.77. The summed E-state index contributed by atoms with van der Waals surface area (Å²) in [5, 5.41) is 2.76. The fraction of sp³-hybridized carbons (Fsp3) is 0.600. The van der Waals surface area contributed by atoms with Crippen molar-refractivity contribution in [3.05, 3.63) is 23.9 Å². The number of hydrogen-bond acceptors (Lipinski definition) is 5. The predicted octanol–water partition coefficient (Wildman–Crippen LogP) is 1.61. The molecule has 2 fully saturated rings. The maximum Gasteiger partial charge on any atom is 0.327 e. The van der Waals surface area contributed by atoms with Crippen molar-refractivity contribution in [2.24, 2.45) is 5.92 Å². The van der Waals surface area contributed by atoms with Crippen LogP contribution >= 0.6 is 0 Å². The fourth-order valence-corrected chi connectivity index (χ4v) is 4.02. The normalized spacial score (nSPS) is 19.1. The monoisotopic (exact) mass is 387 g/mol. The van der Waals surface area contributed by atoms with Gasteiger partial charge in [-0.2, -0.15) is 0 Å². The summed E-state index contributed by atoms with van der Waals surface area (Å²) in [6.45, 7) is 7.99. The number of nitrogens with zero attached hydrogens (tertiary/aromatic N) is 4. The average molecular weight is 387 g/mol. The number of likely N-dealkylation sites (N-methyl/N-ethyl adjacent to an activating group) is 1. The number of carbonyl (C=O) groups excluding carboxylic acids is 3. The molecule has 2 aliphatic rings. The van der Waals surface area contributed by atoms with Crippen LogP contribution in [0.5, 0.6) is 0 Å². The molecular formula is C20H29N5O3. The maximum absolute atomic E-state index is 12.9. The number of amides is 4. The summed E-state index contributed by atoms with van der Waals surface area (Å²) in [7, 11) is 1.58. The standard InChI is InChI=1S/C20H29N5O3/c1-14(2)13-25-19(28)23(4)18(27)20(25)7-9-24(10-8-20)17-6-5-16(12-22-17)11-21-15(3)26/h5-6,12,14H,7-11,13H2,1-4H3,(H,21,26). The largest absolute Gasteiger partial charge is 0.356 e. The summed E-state index contributed by atoms with van der Waals surface area (Å²) in [6, 6.07) is 3.70. The number of nitrogens with one attached hydrogen (secondary N) is 1. The number of piperidine rings is 1. The molecular weight excluding hydrogens is 358 g/mol. The highest BCUT2D eigenvalue weighted by molar-refractivity contribution is 6.06. The Labute approximate surface area is 165 Å². The highest BCUT2D eigenvalue weighted by atomic mass is 16.2. The van der Waals surface area contributed by atoms with Gasteiger partial charge in [0.2, 0.25) is 5.91 Å². The number of rotatable bonds is 5. The number of urea groups is 1. The molecule has 0 bridgehead atoms. The van der Waals surface area contributed by atoms with Gasteiger partial charge in [0.1, 0.15) is 11.4 Å². The minimum absolute atomic E-state index is 0.0721. The third-order valence-electron chi connectivity index (χ3n) is 5.55. The zero-order chi connectivity index (χ0) is 20.5. The van der Waals surface area contributed by atoms with Crippen LogP contribution in [0.25, 0.3) is 0 Å². The van der Waals surface area contributed by atoms with Gasteiger partial charge in [-0.15, -0.1) is 0 Å². The molecule has 0 aliphatic carbocycles. The molecule has 3 rings (SSSR count). The molecule has 0 aromatic carbocycles. The molecule has 8 heteroatoms. The van der Waals surface area contributed by atoms with Gasteiger partial charge in [0, 0.05) is 46.3 Å². The fourth-order valence-electron chi connectivity index (χ4n) is 4.02. The van der Waals surface area contributed by atoms with Crippen molar-refractivity contribution in [2.45, 2.75) is 45.7 Å².